The molecule has 0 aromatic carbocycles. The molecule has 0 fully saturated rings. The normalized spacial score (nSPS) is 16.8. The Bertz CT molecular complexity index is 71.7. The van der Waals surface area contributed by atoms with Gasteiger partial charge in [0, 0.05) is 6.61 Å². The molecule has 2 atom stereocenters. The Hall–Kier alpha value is -0.0800. The molecule has 0 rings (SSSR count). The van der Waals surface area contributed by atoms with Gasteiger partial charge in [0.25, 0.3) is 0 Å². The van der Waals surface area contributed by atoms with E-state index in [1.165, 1.54) is 0 Å². The van der Waals surface area contributed by atoms with Crippen molar-refractivity contribution in [1.29, 1.82) is 0 Å². The number of rotatable bonds is 5. The molecule has 0 heterocycles. The van der Waals surface area contributed by atoms with E-state index in [9.17, 15) is 0 Å². The number of aliphatic hydroxyl groups is 2. The number of aliphatic hydroxyl groups excluding tert-OH is 2. The second-order valence-electron chi connectivity index (χ2n) is 2.77. The molecule has 2 nitrogen and oxygen atoms in total. The van der Waals surface area contributed by atoms with Gasteiger partial charge in [-0.1, -0.05) is 13.3 Å². The van der Waals surface area contributed by atoms with Crippen LogP contribution in [-0.2, 0) is 0 Å². The fraction of sp³-hybridized carbons (Fsp3) is 1.00. The zero-order valence-corrected chi connectivity index (χ0v) is 6.88. The smallest absolute Gasteiger partial charge is 0.0540 e. The molecule has 0 aromatic rings. The lowest BCUT2D eigenvalue weighted by molar-refractivity contribution is 0.111. The zero-order valence-electron chi connectivity index (χ0n) is 6.88. The lowest BCUT2D eigenvalue weighted by atomic mass is 9.95. The van der Waals surface area contributed by atoms with Crippen molar-refractivity contribution >= 4 is 0 Å². The average molecular weight is 146 g/mol. The van der Waals surface area contributed by atoms with Crippen LogP contribution in [0, 0.1) is 5.92 Å². The molecule has 0 aromatic heterocycles. The van der Waals surface area contributed by atoms with Crippen LogP contribution in [0.25, 0.3) is 0 Å². The Morgan fingerprint density at radius 1 is 1.40 bits per heavy atom. The third-order valence-corrected chi connectivity index (χ3v) is 1.94. The van der Waals surface area contributed by atoms with E-state index in [-0.39, 0.29) is 12.7 Å². The topological polar surface area (TPSA) is 40.5 Å². The summed E-state index contributed by atoms with van der Waals surface area (Å²) in [5.41, 5.74) is 0. The van der Waals surface area contributed by atoms with Gasteiger partial charge in [0.1, 0.15) is 0 Å². The monoisotopic (exact) mass is 146 g/mol. The Kier molecular flexibility index (Phi) is 5.64. The van der Waals surface area contributed by atoms with Crippen molar-refractivity contribution < 1.29 is 10.2 Å². The summed E-state index contributed by atoms with van der Waals surface area (Å²) in [6.45, 7) is 4.11. The summed E-state index contributed by atoms with van der Waals surface area (Å²) in [5.74, 6) is 0.368. The second-order valence-corrected chi connectivity index (χ2v) is 2.77. The van der Waals surface area contributed by atoms with Gasteiger partial charge < -0.3 is 10.2 Å². The number of hydrogen-bond donors (Lipinski definition) is 2. The molecule has 10 heavy (non-hydrogen) atoms. The van der Waals surface area contributed by atoms with Crippen LogP contribution in [0.3, 0.4) is 0 Å². The molecule has 0 spiro atoms. The highest BCUT2D eigenvalue weighted by atomic mass is 16.3. The minimum absolute atomic E-state index is 0.225. The van der Waals surface area contributed by atoms with Gasteiger partial charge in [0.05, 0.1) is 6.10 Å². The van der Waals surface area contributed by atoms with E-state index >= 15 is 0 Å². The van der Waals surface area contributed by atoms with Crippen LogP contribution < -0.4 is 0 Å². The third kappa shape index (κ3) is 3.85. The predicted molar refractivity (Wildman–Crippen MR) is 41.8 cm³/mol. The van der Waals surface area contributed by atoms with Crippen molar-refractivity contribution in [1.82, 2.24) is 0 Å². The van der Waals surface area contributed by atoms with Gasteiger partial charge in [-0.25, -0.2) is 0 Å². The first-order valence-electron chi connectivity index (χ1n) is 4.01. The molecular weight excluding hydrogens is 128 g/mol. The molecule has 2 unspecified atom stereocenters. The highest BCUT2D eigenvalue weighted by Crippen LogP contribution is 2.14. The van der Waals surface area contributed by atoms with E-state index in [1.54, 1.807) is 0 Å². The van der Waals surface area contributed by atoms with Gasteiger partial charge in [-0.2, -0.15) is 0 Å². The molecule has 62 valence electrons. The maximum absolute atomic E-state index is 9.16. The Balaban J connectivity index is 3.40. The molecule has 0 saturated heterocycles. The van der Waals surface area contributed by atoms with E-state index in [0.717, 1.165) is 19.3 Å². The Morgan fingerprint density at radius 3 is 2.30 bits per heavy atom. The van der Waals surface area contributed by atoms with Crippen molar-refractivity contribution in [3.8, 4) is 0 Å². The van der Waals surface area contributed by atoms with Crippen LogP contribution in [0.5, 0.6) is 0 Å². The fourth-order valence-corrected chi connectivity index (χ4v) is 1.14. The maximum Gasteiger partial charge on any atom is 0.0540 e. The Morgan fingerprint density at radius 2 is 2.00 bits per heavy atom. The van der Waals surface area contributed by atoms with Crippen molar-refractivity contribution in [2.75, 3.05) is 6.61 Å². The molecular formula is C8H18O2. The Labute approximate surface area is 62.9 Å². The summed E-state index contributed by atoms with van der Waals surface area (Å²) in [7, 11) is 0. The van der Waals surface area contributed by atoms with Crippen LogP contribution in [0.2, 0.25) is 0 Å². The fourth-order valence-electron chi connectivity index (χ4n) is 1.14. The third-order valence-electron chi connectivity index (χ3n) is 1.94. The van der Waals surface area contributed by atoms with E-state index in [1.807, 2.05) is 6.92 Å². The summed E-state index contributed by atoms with van der Waals surface area (Å²) >= 11 is 0. The van der Waals surface area contributed by atoms with Crippen molar-refractivity contribution in [2.45, 2.75) is 39.2 Å². The van der Waals surface area contributed by atoms with Crippen LogP contribution in [-0.4, -0.2) is 22.9 Å². The first kappa shape index (κ1) is 9.92. The lowest BCUT2D eigenvalue weighted by Crippen LogP contribution is -2.15. The summed E-state index contributed by atoms with van der Waals surface area (Å²) in [6, 6.07) is 0. The van der Waals surface area contributed by atoms with Gasteiger partial charge in [-0.15, -0.1) is 0 Å². The highest BCUT2D eigenvalue weighted by Gasteiger charge is 2.10. The molecule has 0 aliphatic carbocycles. The second kappa shape index (κ2) is 5.69. The first-order valence-corrected chi connectivity index (χ1v) is 4.01. The van der Waals surface area contributed by atoms with Gasteiger partial charge >= 0.3 is 0 Å². The van der Waals surface area contributed by atoms with E-state index in [4.69, 9.17) is 10.2 Å². The number of hydrogen-bond acceptors (Lipinski definition) is 2. The standard InChI is InChI=1S/C8H18O2/c1-3-8(7(2)10)5-4-6-9/h7-10H,3-6H2,1-2H3. The van der Waals surface area contributed by atoms with Gasteiger partial charge in [-0.05, 0) is 25.7 Å². The molecule has 0 aliphatic rings. The van der Waals surface area contributed by atoms with Crippen molar-refractivity contribution in [3.63, 3.8) is 0 Å². The molecule has 0 aliphatic heterocycles. The largest absolute Gasteiger partial charge is 0.396 e. The summed E-state index contributed by atoms with van der Waals surface area (Å²) in [6.07, 6.45) is 2.52. The van der Waals surface area contributed by atoms with Crippen LogP contribution in [0.15, 0.2) is 0 Å². The van der Waals surface area contributed by atoms with Crippen LogP contribution in [0.4, 0.5) is 0 Å². The van der Waals surface area contributed by atoms with Crippen LogP contribution in [0.1, 0.15) is 33.1 Å². The molecule has 0 amide bonds. The van der Waals surface area contributed by atoms with Gasteiger partial charge in [0.2, 0.25) is 0 Å². The van der Waals surface area contributed by atoms with E-state index < -0.39 is 0 Å². The zero-order chi connectivity index (χ0) is 7.98. The van der Waals surface area contributed by atoms with Gasteiger partial charge in [0.15, 0.2) is 0 Å². The van der Waals surface area contributed by atoms with E-state index in [0.29, 0.717) is 5.92 Å². The quantitative estimate of drug-likeness (QED) is 0.611. The molecule has 0 radical (unpaired) electrons. The van der Waals surface area contributed by atoms with Crippen molar-refractivity contribution in [3.05, 3.63) is 0 Å². The minimum Gasteiger partial charge on any atom is -0.396 e. The lowest BCUT2D eigenvalue weighted by Gasteiger charge is -2.16. The molecule has 2 N–H and O–H groups in total. The predicted octanol–water partition coefficient (Wildman–Crippen LogP) is 1.17. The summed E-state index contributed by atoms with van der Waals surface area (Å²) in [4.78, 5) is 0. The summed E-state index contributed by atoms with van der Waals surface area (Å²) < 4.78 is 0. The minimum atomic E-state index is -0.225. The maximum atomic E-state index is 9.16. The highest BCUT2D eigenvalue weighted by molar-refractivity contribution is 4.62. The van der Waals surface area contributed by atoms with Gasteiger partial charge in [-0.3, -0.25) is 0 Å². The van der Waals surface area contributed by atoms with E-state index in [2.05, 4.69) is 6.92 Å². The summed E-state index contributed by atoms with van der Waals surface area (Å²) in [5, 5.41) is 17.7. The van der Waals surface area contributed by atoms with Crippen molar-refractivity contribution in [2.24, 2.45) is 5.92 Å². The molecule has 0 bridgehead atoms. The SMILES string of the molecule is CCC(CCCO)C(C)O. The molecule has 0 saturated carbocycles. The van der Waals surface area contributed by atoms with Crippen LogP contribution >= 0.6 is 0 Å². The first-order chi connectivity index (χ1) is 4.72. The average Bonchev–Trinajstić information content (AvgIpc) is 1.89. The molecule has 2 heteroatoms.